The van der Waals surface area contributed by atoms with E-state index in [-0.39, 0.29) is 23.3 Å². The van der Waals surface area contributed by atoms with Crippen LogP contribution in [-0.2, 0) is 9.59 Å². The van der Waals surface area contributed by atoms with Crippen LogP contribution in [0.3, 0.4) is 0 Å². The van der Waals surface area contributed by atoms with E-state index in [0.717, 1.165) is 45.1 Å². The molecule has 4 saturated carbocycles. The molecule has 2 unspecified atom stereocenters. The quantitative estimate of drug-likeness (QED) is 0.822. The Hall–Kier alpha value is -1.06. The fourth-order valence-electron chi connectivity index (χ4n) is 7.09. The van der Waals surface area contributed by atoms with Gasteiger partial charge >= 0.3 is 0 Å². The van der Waals surface area contributed by atoms with Gasteiger partial charge in [-0.1, -0.05) is 13.8 Å². The zero-order chi connectivity index (χ0) is 16.3. The molecule has 4 nitrogen and oxygen atoms in total. The SMILES string of the molecule is CC12CC3CC(C)(C1)CC(C(=O)N[C@H]1CCCCNC1=O)(C3)C2. The average molecular weight is 318 g/mol. The van der Waals surface area contributed by atoms with Crippen LogP contribution in [0.5, 0.6) is 0 Å². The minimum absolute atomic E-state index is 0.0120. The summed E-state index contributed by atoms with van der Waals surface area (Å²) in [6.45, 7) is 5.51. The van der Waals surface area contributed by atoms with Crippen molar-refractivity contribution in [2.45, 2.75) is 77.7 Å². The zero-order valence-electron chi connectivity index (χ0n) is 14.5. The van der Waals surface area contributed by atoms with Crippen molar-refractivity contribution < 1.29 is 9.59 Å². The molecule has 0 aromatic carbocycles. The number of amides is 2. The lowest BCUT2D eigenvalue weighted by Crippen LogP contribution is -2.61. The van der Waals surface area contributed by atoms with E-state index < -0.39 is 0 Å². The Labute approximate surface area is 139 Å². The van der Waals surface area contributed by atoms with Crippen LogP contribution in [-0.4, -0.2) is 24.4 Å². The summed E-state index contributed by atoms with van der Waals surface area (Å²) < 4.78 is 0. The van der Waals surface area contributed by atoms with Gasteiger partial charge in [0.1, 0.15) is 6.04 Å². The largest absolute Gasteiger partial charge is 0.354 e. The Morgan fingerprint density at radius 1 is 1.09 bits per heavy atom. The minimum Gasteiger partial charge on any atom is -0.354 e. The molecule has 1 saturated heterocycles. The first kappa shape index (κ1) is 15.5. The summed E-state index contributed by atoms with van der Waals surface area (Å²) in [5, 5.41) is 6.08. The molecule has 2 amide bonds. The lowest BCUT2D eigenvalue weighted by atomic mass is 9.40. The molecule has 4 bridgehead atoms. The van der Waals surface area contributed by atoms with E-state index in [1.165, 1.54) is 19.3 Å². The molecule has 4 heteroatoms. The topological polar surface area (TPSA) is 58.2 Å². The first-order chi connectivity index (χ1) is 10.8. The fourth-order valence-corrected chi connectivity index (χ4v) is 7.09. The molecule has 0 aromatic rings. The van der Waals surface area contributed by atoms with Gasteiger partial charge in [-0.2, -0.15) is 0 Å². The van der Waals surface area contributed by atoms with E-state index in [4.69, 9.17) is 0 Å². The molecule has 5 fully saturated rings. The van der Waals surface area contributed by atoms with E-state index in [9.17, 15) is 9.59 Å². The number of hydrogen-bond acceptors (Lipinski definition) is 2. The molecule has 0 spiro atoms. The fraction of sp³-hybridized carbons (Fsp3) is 0.895. The van der Waals surface area contributed by atoms with Gasteiger partial charge in [-0.3, -0.25) is 9.59 Å². The highest BCUT2D eigenvalue weighted by Gasteiger charge is 2.62. The summed E-state index contributed by atoms with van der Waals surface area (Å²) in [5.41, 5.74) is 0.448. The van der Waals surface area contributed by atoms with E-state index in [1.807, 2.05) is 0 Å². The maximum absolute atomic E-state index is 13.2. The highest BCUT2D eigenvalue weighted by molar-refractivity contribution is 5.90. The molecular weight excluding hydrogens is 288 g/mol. The second kappa shape index (κ2) is 4.97. The van der Waals surface area contributed by atoms with Gasteiger partial charge in [0, 0.05) is 6.54 Å². The summed E-state index contributed by atoms with van der Waals surface area (Å²) in [4.78, 5) is 25.4. The second-order valence-electron chi connectivity index (χ2n) is 9.72. The predicted molar refractivity (Wildman–Crippen MR) is 88.6 cm³/mol. The normalized spacial score (nSPS) is 48.7. The molecule has 5 rings (SSSR count). The minimum atomic E-state index is -0.321. The Bertz CT molecular complexity index is 525. The lowest BCUT2D eigenvalue weighted by Gasteiger charge is -2.64. The number of carbonyl (C=O) groups is 2. The van der Waals surface area contributed by atoms with Crippen LogP contribution in [0.2, 0.25) is 0 Å². The first-order valence-corrected chi connectivity index (χ1v) is 9.40. The van der Waals surface area contributed by atoms with Crippen LogP contribution in [0.4, 0.5) is 0 Å². The van der Waals surface area contributed by atoms with Gasteiger partial charge < -0.3 is 10.6 Å². The van der Waals surface area contributed by atoms with Crippen molar-refractivity contribution >= 4 is 11.8 Å². The summed E-state index contributed by atoms with van der Waals surface area (Å²) in [6.07, 6.45) is 9.75. The Morgan fingerprint density at radius 3 is 2.43 bits per heavy atom. The molecule has 2 N–H and O–H groups in total. The van der Waals surface area contributed by atoms with Crippen LogP contribution in [0.1, 0.15) is 71.6 Å². The third kappa shape index (κ3) is 2.58. The van der Waals surface area contributed by atoms with Gasteiger partial charge in [0.05, 0.1) is 5.41 Å². The molecule has 128 valence electrons. The van der Waals surface area contributed by atoms with Crippen molar-refractivity contribution in [3.05, 3.63) is 0 Å². The van der Waals surface area contributed by atoms with Crippen molar-refractivity contribution in [2.75, 3.05) is 6.54 Å². The smallest absolute Gasteiger partial charge is 0.242 e. The third-order valence-corrected chi connectivity index (χ3v) is 6.95. The maximum Gasteiger partial charge on any atom is 0.242 e. The standard InChI is InChI=1S/C19H30N2O2/c1-17-7-13-8-18(2,10-17)12-19(9-13,11-17)16(23)21-14-5-3-4-6-20-15(14)22/h13-14H,3-12H2,1-2H3,(H,20,22)(H,21,23)/t13?,14-,17?,18?,19?/m0/s1. The molecule has 23 heavy (non-hydrogen) atoms. The molecule has 1 heterocycles. The second-order valence-corrected chi connectivity index (χ2v) is 9.72. The third-order valence-electron chi connectivity index (χ3n) is 6.95. The summed E-state index contributed by atoms with van der Waals surface area (Å²) in [7, 11) is 0. The van der Waals surface area contributed by atoms with Gasteiger partial charge in [-0.25, -0.2) is 0 Å². The monoisotopic (exact) mass is 318 g/mol. The summed E-state index contributed by atoms with van der Waals surface area (Å²) in [5.74, 6) is 0.883. The summed E-state index contributed by atoms with van der Waals surface area (Å²) in [6, 6.07) is -0.321. The molecule has 0 radical (unpaired) electrons. The van der Waals surface area contributed by atoms with E-state index in [0.29, 0.717) is 16.7 Å². The van der Waals surface area contributed by atoms with Gasteiger partial charge in [-0.15, -0.1) is 0 Å². The molecule has 5 aliphatic rings. The van der Waals surface area contributed by atoms with Crippen molar-refractivity contribution in [3.8, 4) is 0 Å². The Kier molecular flexibility index (Phi) is 3.34. The molecule has 3 atom stereocenters. The van der Waals surface area contributed by atoms with Crippen molar-refractivity contribution in [3.63, 3.8) is 0 Å². The maximum atomic E-state index is 13.2. The Balaban J connectivity index is 1.55. The van der Waals surface area contributed by atoms with Crippen LogP contribution in [0.25, 0.3) is 0 Å². The number of carbonyl (C=O) groups excluding carboxylic acids is 2. The Morgan fingerprint density at radius 2 is 1.78 bits per heavy atom. The average Bonchev–Trinajstić information content (AvgIpc) is 2.60. The molecule has 1 aliphatic heterocycles. The van der Waals surface area contributed by atoms with Crippen molar-refractivity contribution in [1.29, 1.82) is 0 Å². The van der Waals surface area contributed by atoms with Gasteiger partial charge in [-0.05, 0) is 74.5 Å². The van der Waals surface area contributed by atoms with Crippen LogP contribution < -0.4 is 10.6 Å². The number of rotatable bonds is 2. The lowest BCUT2D eigenvalue weighted by molar-refractivity contribution is -0.171. The molecule has 0 aromatic heterocycles. The van der Waals surface area contributed by atoms with Gasteiger partial charge in [0.2, 0.25) is 11.8 Å². The number of hydrogen-bond donors (Lipinski definition) is 2. The van der Waals surface area contributed by atoms with Gasteiger partial charge in [0.15, 0.2) is 0 Å². The first-order valence-electron chi connectivity index (χ1n) is 9.40. The van der Waals surface area contributed by atoms with E-state index in [2.05, 4.69) is 24.5 Å². The highest BCUT2D eigenvalue weighted by Crippen LogP contribution is 2.69. The van der Waals surface area contributed by atoms with Crippen LogP contribution in [0, 0.1) is 22.2 Å². The number of nitrogens with one attached hydrogen (secondary N) is 2. The van der Waals surface area contributed by atoms with Crippen LogP contribution >= 0.6 is 0 Å². The predicted octanol–water partition coefficient (Wildman–Crippen LogP) is 2.77. The van der Waals surface area contributed by atoms with E-state index >= 15 is 0 Å². The molecular formula is C19H30N2O2. The van der Waals surface area contributed by atoms with Crippen molar-refractivity contribution in [1.82, 2.24) is 10.6 Å². The van der Waals surface area contributed by atoms with E-state index in [1.54, 1.807) is 0 Å². The zero-order valence-corrected chi connectivity index (χ0v) is 14.5. The highest BCUT2D eigenvalue weighted by atomic mass is 16.2. The van der Waals surface area contributed by atoms with Gasteiger partial charge in [0.25, 0.3) is 0 Å². The van der Waals surface area contributed by atoms with Crippen molar-refractivity contribution in [2.24, 2.45) is 22.2 Å². The van der Waals surface area contributed by atoms with Crippen LogP contribution in [0.15, 0.2) is 0 Å². The summed E-state index contributed by atoms with van der Waals surface area (Å²) >= 11 is 0. The molecule has 4 aliphatic carbocycles.